The van der Waals surface area contributed by atoms with E-state index in [1.165, 1.54) is 19.3 Å². The first-order valence-corrected chi connectivity index (χ1v) is 41.7. The molecule has 0 aromatic rings. The highest BCUT2D eigenvalue weighted by Gasteiger charge is 2.30. The van der Waals surface area contributed by atoms with Crippen molar-refractivity contribution in [2.75, 3.05) is 39.6 Å². The number of esters is 4. The van der Waals surface area contributed by atoms with Crippen LogP contribution < -0.4 is 0 Å². The third kappa shape index (κ3) is 73.0. The summed E-state index contributed by atoms with van der Waals surface area (Å²) in [6, 6.07) is 0. The number of aliphatic hydroxyl groups is 1. The fourth-order valence-corrected chi connectivity index (χ4v) is 11.2. The van der Waals surface area contributed by atoms with Crippen LogP contribution in [0.15, 0.2) is 158 Å². The minimum Gasteiger partial charge on any atom is -0.462 e. The number of rotatable bonds is 71. The van der Waals surface area contributed by atoms with Gasteiger partial charge in [-0.25, -0.2) is 9.13 Å². The average molecular weight is 1470 g/mol. The predicted molar refractivity (Wildman–Crippen MR) is 417 cm³/mol. The lowest BCUT2D eigenvalue weighted by molar-refractivity contribution is -0.161. The van der Waals surface area contributed by atoms with Crippen molar-refractivity contribution in [2.45, 2.75) is 303 Å². The van der Waals surface area contributed by atoms with Crippen molar-refractivity contribution < 1.29 is 80.2 Å². The van der Waals surface area contributed by atoms with Crippen molar-refractivity contribution in [1.29, 1.82) is 0 Å². The topological polar surface area (TPSA) is 237 Å². The van der Waals surface area contributed by atoms with Gasteiger partial charge < -0.3 is 33.8 Å². The Bertz CT molecular complexity index is 2550. The third-order valence-corrected chi connectivity index (χ3v) is 17.4. The van der Waals surface area contributed by atoms with Crippen LogP contribution in [0.25, 0.3) is 0 Å². The van der Waals surface area contributed by atoms with Crippen molar-refractivity contribution >= 4 is 39.5 Å². The second kappa shape index (κ2) is 74.0. The fourth-order valence-electron chi connectivity index (χ4n) is 9.65. The number of hydrogen-bond donors (Lipinski definition) is 3. The van der Waals surface area contributed by atoms with E-state index in [0.717, 1.165) is 186 Å². The summed E-state index contributed by atoms with van der Waals surface area (Å²) in [5, 5.41) is 10.6. The van der Waals surface area contributed by atoms with Gasteiger partial charge in [0.15, 0.2) is 12.2 Å². The van der Waals surface area contributed by atoms with E-state index in [1.807, 2.05) is 18.2 Å². The SMILES string of the molecule is CC/C=C\C/C=C\C/C=C\C/C=C\C/C=C\CC(=O)OCC(COP(=O)(O)OCC(O)COP(=O)(O)OCC(COC(=O)CCCCCCCC/C=C\C/C=C\C/C=C\C/C=C\CC)OC(=O)CCCCCCC/C=C\C/C=C\CCCCC)OC(=O)CCCCCCC/C=C\C/C=C\CCC. The van der Waals surface area contributed by atoms with Crippen LogP contribution in [-0.4, -0.2) is 96.7 Å². The average Bonchev–Trinajstić information content (AvgIpc) is 0.909. The minimum absolute atomic E-state index is 0.0541. The standard InChI is InChI=1S/C83H136O17P2/c1-5-9-13-17-21-25-29-33-36-37-38-39-42-45-48-52-56-60-64-68-81(86)94-74-79(100-83(88)70-66-62-58-54-50-46-41-35-31-27-23-19-15-11-7-3)76-98-102(91,92)96-72-77(84)71-95-101(89,90)97-75-78(99-82(87)69-65-61-57-53-49-43-32-28-24-20-16-12-8-4)73-93-80(85)67-63-59-55-51-47-44-40-34-30-26-22-18-14-10-6-2/h9-10,13-14,16,20-23,25-28,32-36,38-41,47,51,59,63,77-79,84H,5-8,11-12,15,17-19,24,29-31,37,42-46,48-50,52-58,60-62,64-76H2,1-4H3,(H,89,90)(H,91,92)/b13-9-,14-10-,20-16-,25-21-,26-22-,27-23-,32-28-,36-33-,39-38-,40-34-,41-35-,51-47-,63-59-. The van der Waals surface area contributed by atoms with Crippen LogP contribution in [0.4, 0.5) is 0 Å². The number of phosphoric ester groups is 2. The number of carbonyl (C=O) groups is 4. The maximum absolute atomic E-state index is 13.1. The first-order valence-electron chi connectivity index (χ1n) is 38.7. The summed E-state index contributed by atoms with van der Waals surface area (Å²) in [5.41, 5.74) is 0. The van der Waals surface area contributed by atoms with Gasteiger partial charge in [0, 0.05) is 19.3 Å². The lowest BCUT2D eigenvalue weighted by atomic mass is 10.1. The zero-order chi connectivity index (χ0) is 74.6. The Morgan fingerprint density at radius 3 is 0.912 bits per heavy atom. The molecule has 0 amide bonds. The Balaban J connectivity index is 5.45. The molecule has 0 bridgehead atoms. The number of unbranched alkanes of at least 4 members (excludes halogenated alkanes) is 20. The molecule has 0 aliphatic carbocycles. The van der Waals surface area contributed by atoms with Crippen molar-refractivity contribution in [3.05, 3.63) is 158 Å². The first kappa shape index (κ1) is 96.7. The van der Waals surface area contributed by atoms with Crippen LogP contribution in [0.5, 0.6) is 0 Å². The van der Waals surface area contributed by atoms with Crippen LogP contribution in [0.3, 0.4) is 0 Å². The van der Waals surface area contributed by atoms with Crippen molar-refractivity contribution in [2.24, 2.45) is 0 Å². The molecule has 0 aliphatic rings. The second-order valence-corrected chi connectivity index (χ2v) is 28.1. The van der Waals surface area contributed by atoms with E-state index in [2.05, 4.69) is 161 Å². The molecule has 19 heteroatoms. The molecule has 17 nitrogen and oxygen atoms in total. The van der Waals surface area contributed by atoms with E-state index in [1.54, 1.807) is 6.08 Å². The van der Waals surface area contributed by atoms with Gasteiger partial charge in [-0.2, -0.15) is 0 Å². The molecule has 5 unspecified atom stereocenters. The summed E-state index contributed by atoms with van der Waals surface area (Å²) in [5.74, 6) is -2.38. The van der Waals surface area contributed by atoms with Crippen LogP contribution in [0.1, 0.15) is 285 Å². The molecule has 0 spiro atoms. The van der Waals surface area contributed by atoms with E-state index < -0.39 is 97.5 Å². The van der Waals surface area contributed by atoms with E-state index in [0.29, 0.717) is 25.7 Å². The molecular formula is C83H136O17P2. The van der Waals surface area contributed by atoms with Crippen LogP contribution in [0, 0.1) is 0 Å². The number of ether oxygens (including phenoxy) is 4. The maximum Gasteiger partial charge on any atom is 0.472 e. The molecule has 0 heterocycles. The second-order valence-electron chi connectivity index (χ2n) is 25.2. The summed E-state index contributed by atoms with van der Waals surface area (Å²) in [4.78, 5) is 72.9. The van der Waals surface area contributed by atoms with Crippen molar-refractivity contribution in [3.8, 4) is 0 Å². The van der Waals surface area contributed by atoms with Gasteiger partial charge in [0.25, 0.3) is 0 Å². The molecule has 0 aliphatic heterocycles. The molecule has 0 aromatic heterocycles. The molecule has 0 saturated carbocycles. The largest absolute Gasteiger partial charge is 0.472 e. The number of allylic oxidation sites excluding steroid dienone is 25. The van der Waals surface area contributed by atoms with Crippen molar-refractivity contribution in [3.63, 3.8) is 0 Å². The van der Waals surface area contributed by atoms with E-state index in [9.17, 15) is 43.2 Å². The van der Waals surface area contributed by atoms with Gasteiger partial charge in [0.2, 0.25) is 0 Å². The van der Waals surface area contributed by atoms with E-state index >= 15 is 0 Å². The molecular weight excluding hydrogens is 1330 g/mol. The molecule has 580 valence electrons. The minimum atomic E-state index is -5.00. The molecule has 0 saturated heterocycles. The molecule has 102 heavy (non-hydrogen) atoms. The van der Waals surface area contributed by atoms with Gasteiger partial charge in [-0.3, -0.25) is 37.3 Å². The summed E-state index contributed by atoms with van der Waals surface area (Å²) in [7, 11) is -10.0. The first-order chi connectivity index (χ1) is 49.7. The lowest BCUT2D eigenvalue weighted by Crippen LogP contribution is -2.30. The van der Waals surface area contributed by atoms with E-state index in [4.69, 9.17) is 37.0 Å². The normalized spacial score (nSPS) is 14.8. The highest BCUT2D eigenvalue weighted by atomic mass is 31.2. The van der Waals surface area contributed by atoms with Gasteiger partial charge in [0.05, 0.1) is 32.8 Å². The highest BCUT2D eigenvalue weighted by molar-refractivity contribution is 7.47. The summed E-state index contributed by atoms with van der Waals surface area (Å²) in [6.07, 6.45) is 85.4. The molecule has 0 rings (SSSR count). The monoisotopic (exact) mass is 1470 g/mol. The Hall–Kier alpha value is -5.32. The molecule has 0 aromatic carbocycles. The van der Waals surface area contributed by atoms with Crippen molar-refractivity contribution in [1.82, 2.24) is 0 Å². The Labute approximate surface area is 617 Å². The lowest BCUT2D eigenvalue weighted by Gasteiger charge is -2.21. The summed E-state index contributed by atoms with van der Waals surface area (Å²) in [6.45, 7) is 4.37. The van der Waals surface area contributed by atoms with Gasteiger partial charge >= 0.3 is 39.5 Å². The zero-order valence-corrected chi connectivity index (χ0v) is 65.0. The molecule has 3 N–H and O–H groups in total. The Morgan fingerprint density at radius 1 is 0.294 bits per heavy atom. The van der Waals surface area contributed by atoms with Gasteiger partial charge in [-0.05, 0) is 148 Å². The zero-order valence-electron chi connectivity index (χ0n) is 63.2. The molecule has 5 atom stereocenters. The highest BCUT2D eigenvalue weighted by Crippen LogP contribution is 2.45. The Morgan fingerprint density at radius 2 is 0.569 bits per heavy atom. The fraction of sp³-hybridized carbons (Fsp3) is 0.639. The predicted octanol–water partition coefficient (Wildman–Crippen LogP) is 22.4. The number of aliphatic hydroxyl groups excluding tert-OH is 1. The van der Waals surface area contributed by atoms with Crippen LogP contribution in [-0.2, 0) is 65.4 Å². The van der Waals surface area contributed by atoms with Crippen LogP contribution >= 0.6 is 15.6 Å². The van der Waals surface area contributed by atoms with Crippen LogP contribution in [0.2, 0.25) is 0 Å². The maximum atomic E-state index is 13.1. The molecule has 0 radical (unpaired) electrons. The molecule has 0 fully saturated rings. The summed E-state index contributed by atoms with van der Waals surface area (Å²) >= 11 is 0. The smallest absolute Gasteiger partial charge is 0.462 e. The Kier molecular flexibility index (Phi) is 70.1. The van der Waals surface area contributed by atoms with E-state index in [-0.39, 0.29) is 25.7 Å². The summed E-state index contributed by atoms with van der Waals surface area (Å²) < 4.78 is 68.4. The van der Waals surface area contributed by atoms with Gasteiger partial charge in [-0.15, -0.1) is 0 Å². The number of hydrogen-bond acceptors (Lipinski definition) is 15. The third-order valence-electron chi connectivity index (χ3n) is 15.5. The van der Waals surface area contributed by atoms with Gasteiger partial charge in [-0.1, -0.05) is 269 Å². The number of phosphoric acid groups is 2. The van der Waals surface area contributed by atoms with Gasteiger partial charge in [0.1, 0.15) is 19.3 Å². The quantitative estimate of drug-likeness (QED) is 0.0169. The number of carbonyl (C=O) groups excluding carboxylic acids is 4.